The van der Waals surface area contributed by atoms with Crippen molar-refractivity contribution in [2.45, 2.75) is 13.0 Å². The summed E-state index contributed by atoms with van der Waals surface area (Å²) in [5.41, 5.74) is 2.97. The lowest BCUT2D eigenvalue weighted by Gasteiger charge is -2.24. The van der Waals surface area contributed by atoms with Gasteiger partial charge in [0.05, 0.1) is 22.6 Å². The Labute approximate surface area is 184 Å². The molecule has 4 rings (SSSR count). The molecule has 0 spiro atoms. The van der Waals surface area contributed by atoms with Gasteiger partial charge in [-0.3, -0.25) is 14.2 Å². The predicted octanol–water partition coefficient (Wildman–Crippen LogP) is 3.79. The molecule has 6 nitrogen and oxygen atoms in total. The number of aromatic nitrogens is 2. The standard InChI is InChI=1S/C24H24N4O2S/c1-16-26-21-7-5-4-6-20(21)24(30)28(16)19-10-8-17(9-11-19)23(29)25-14-22(27(2)3)18-12-13-31-15-18/h4-13,15,22H,14H2,1-3H3,(H,25,29). The second-order valence-corrected chi connectivity index (χ2v) is 8.39. The molecule has 2 aromatic carbocycles. The fourth-order valence-electron chi connectivity index (χ4n) is 3.66. The first kappa shape index (κ1) is 21.0. The third-order valence-electron chi connectivity index (χ3n) is 5.34. The van der Waals surface area contributed by atoms with Crippen molar-refractivity contribution in [3.05, 3.63) is 92.7 Å². The van der Waals surface area contributed by atoms with E-state index in [4.69, 9.17) is 0 Å². The van der Waals surface area contributed by atoms with Gasteiger partial charge in [-0.2, -0.15) is 11.3 Å². The highest BCUT2D eigenvalue weighted by Crippen LogP contribution is 2.20. The number of nitrogens with zero attached hydrogens (tertiary/aromatic N) is 3. The molecule has 158 valence electrons. The van der Waals surface area contributed by atoms with Crippen molar-refractivity contribution < 1.29 is 4.79 Å². The normalized spacial score (nSPS) is 12.3. The van der Waals surface area contributed by atoms with E-state index in [0.29, 0.717) is 34.5 Å². The maximum Gasteiger partial charge on any atom is 0.265 e. The molecule has 2 heterocycles. The average Bonchev–Trinajstić information content (AvgIpc) is 3.28. The SMILES string of the molecule is Cc1nc2ccccc2c(=O)n1-c1ccc(C(=O)NCC(c2ccsc2)N(C)C)cc1. The van der Waals surface area contributed by atoms with Crippen LogP contribution in [0.3, 0.4) is 0 Å². The van der Waals surface area contributed by atoms with E-state index in [0.717, 1.165) is 0 Å². The van der Waals surface area contributed by atoms with Crippen LogP contribution >= 0.6 is 11.3 Å². The molecular formula is C24H24N4O2S. The number of hydrogen-bond acceptors (Lipinski definition) is 5. The molecule has 0 aliphatic carbocycles. The van der Waals surface area contributed by atoms with Gasteiger partial charge in [0.2, 0.25) is 0 Å². The first-order valence-corrected chi connectivity index (χ1v) is 11.0. The highest BCUT2D eigenvalue weighted by Gasteiger charge is 2.16. The molecule has 1 atom stereocenters. The van der Waals surface area contributed by atoms with Crippen LogP contribution in [0.2, 0.25) is 0 Å². The minimum absolute atomic E-state index is 0.111. The van der Waals surface area contributed by atoms with Gasteiger partial charge in [0.1, 0.15) is 5.82 Å². The van der Waals surface area contributed by atoms with Gasteiger partial charge < -0.3 is 10.2 Å². The van der Waals surface area contributed by atoms with Gasteiger partial charge in [0, 0.05) is 12.1 Å². The van der Waals surface area contributed by atoms with E-state index in [9.17, 15) is 9.59 Å². The monoisotopic (exact) mass is 432 g/mol. The minimum Gasteiger partial charge on any atom is -0.350 e. The molecule has 1 N–H and O–H groups in total. The third-order valence-corrected chi connectivity index (χ3v) is 6.04. The average molecular weight is 433 g/mol. The molecule has 0 aliphatic rings. The van der Waals surface area contributed by atoms with Crippen molar-refractivity contribution in [2.24, 2.45) is 0 Å². The largest absolute Gasteiger partial charge is 0.350 e. The van der Waals surface area contributed by atoms with E-state index in [-0.39, 0.29) is 17.5 Å². The molecule has 1 amide bonds. The van der Waals surface area contributed by atoms with Crippen LogP contribution < -0.4 is 10.9 Å². The van der Waals surface area contributed by atoms with Gasteiger partial charge in [-0.25, -0.2) is 4.98 Å². The smallest absolute Gasteiger partial charge is 0.265 e. The van der Waals surface area contributed by atoms with Gasteiger partial charge in [-0.1, -0.05) is 12.1 Å². The summed E-state index contributed by atoms with van der Waals surface area (Å²) in [6.07, 6.45) is 0. The summed E-state index contributed by atoms with van der Waals surface area (Å²) in [4.78, 5) is 32.3. The Morgan fingerprint density at radius 1 is 1.13 bits per heavy atom. The summed E-state index contributed by atoms with van der Waals surface area (Å²) in [7, 11) is 4.00. The molecule has 7 heteroatoms. The van der Waals surface area contributed by atoms with E-state index in [1.807, 2.05) is 37.7 Å². The van der Waals surface area contributed by atoms with Crippen LogP contribution in [0.5, 0.6) is 0 Å². The predicted molar refractivity (Wildman–Crippen MR) is 125 cm³/mol. The van der Waals surface area contributed by atoms with Crippen molar-refractivity contribution in [1.82, 2.24) is 19.8 Å². The van der Waals surface area contributed by atoms with Crippen LogP contribution in [-0.2, 0) is 0 Å². The van der Waals surface area contributed by atoms with E-state index in [1.165, 1.54) is 5.56 Å². The van der Waals surface area contributed by atoms with Gasteiger partial charge in [0.25, 0.3) is 11.5 Å². The van der Waals surface area contributed by atoms with E-state index < -0.39 is 0 Å². The fraction of sp³-hybridized carbons (Fsp3) is 0.208. The zero-order valence-electron chi connectivity index (χ0n) is 17.7. The van der Waals surface area contributed by atoms with E-state index in [2.05, 4.69) is 26.6 Å². The Balaban J connectivity index is 1.54. The molecule has 1 unspecified atom stereocenters. The highest BCUT2D eigenvalue weighted by atomic mass is 32.1. The summed E-state index contributed by atoms with van der Waals surface area (Å²) < 4.78 is 1.57. The van der Waals surface area contributed by atoms with Crippen LogP contribution in [0, 0.1) is 6.92 Å². The van der Waals surface area contributed by atoms with E-state index >= 15 is 0 Å². The summed E-state index contributed by atoms with van der Waals surface area (Å²) in [5, 5.41) is 7.73. The summed E-state index contributed by atoms with van der Waals surface area (Å²) in [6.45, 7) is 2.32. The maximum atomic E-state index is 13.0. The zero-order chi connectivity index (χ0) is 22.0. The third kappa shape index (κ3) is 4.28. The number of benzene rings is 2. The van der Waals surface area contributed by atoms with Crippen LogP contribution in [-0.4, -0.2) is 41.0 Å². The number of carbonyl (C=O) groups excluding carboxylic acids is 1. The number of aryl methyl sites for hydroxylation is 1. The molecule has 0 saturated heterocycles. The maximum absolute atomic E-state index is 13.0. The molecule has 0 saturated carbocycles. The lowest BCUT2D eigenvalue weighted by Crippen LogP contribution is -2.34. The molecule has 0 aliphatic heterocycles. The van der Waals surface area contributed by atoms with Gasteiger partial charge in [0.15, 0.2) is 0 Å². The van der Waals surface area contributed by atoms with Gasteiger partial charge in [-0.15, -0.1) is 0 Å². The first-order chi connectivity index (χ1) is 15.0. The quantitative estimate of drug-likeness (QED) is 0.503. The second kappa shape index (κ2) is 8.83. The lowest BCUT2D eigenvalue weighted by atomic mass is 10.1. The van der Waals surface area contributed by atoms with Gasteiger partial charge in [-0.05, 0) is 79.8 Å². The zero-order valence-corrected chi connectivity index (χ0v) is 18.5. The fourth-order valence-corrected chi connectivity index (χ4v) is 4.37. The number of likely N-dealkylation sites (N-methyl/N-ethyl adjacent to an activating group) is 1. The molecule has 0 radical (unpaired) electrons. The Morgan fingerprint density at radius 3 is 2.55 bits per heavy atom. The summed E-state index contributed by atoms with van der Waals surface area (Å²) in [5.74, 6) is 0.458. The minimum atomic E-state index is -0.144. The second-order valence-electron chi connectivity index (χ2n) is 7.61. The number of thiophene rings is 1. The Hall–Kier alpha value is -3.29. The molecule has 4 aromatic rings. The number of carbonyl (C=O) groups is 1. The Bertz CT molecular complexity index is 1260. The summed E-state index contributed by atoms with van der Waals surface area (Å²) in [6, 6.07) is 16.5. The Morgan fingerprint density at radius 2 is 1.87 bits per heavy atom. The highest BCUT2D eigenvalue weighted by molar-refractivity contribution is 7.08. The lowest BCUT2D eigenvalue weighted by molar-refractivity contribution is 0.0942. The number of fused-ring (bicyclic) bond motifs is 1. The number of amides is 1. The number of nitrogens with one attached hydrogen (secondary N) is 1. The van der Waals surface area contributed by atoms with Crippen LogP contribution in [0.1, 0.15) is 27.8 Å². The number of hydrogen-bond donors (Lipinski definition) is 1. The van der Waals surface area contributed by atoms with Crippen LogP contribution in [0.4, 0.5) is 0 Å². The Kier molecular flexibility index (Phi) is 5.97. The molecule has 31 heavy (non-hydrogen) atoms. The van der Waals surface area contributed by atoms with Crippen LogP contribution in [0.15, 0.2) is 70.2 Å². The van der Waals surface area contributed by atoms with Gasteiger partial charge >= 0.3 is 0 Å². The van der Waals surface area contributed by atoms with Crippen molar-refractivity contribution in [1.29, 1.82) is 0 Å². The topological polar surface area (TPSA) is 67.2 Å². The first-order valence-electron chi connectivity index (χ1n) is 10.0. The van der Waals surface area contributed by atoms with E-state index in [1.54, 1.807) is 53.2 Å². The number of para-hydroxylation sites is 1. The number of rotatable bonds is 6. The molecule has 2 aromatic heterocycles. The van der Waals surface area contributed by atoms with Crippen molar-refractivity contribution >= 4 is 28.1 Å². The van der Waals surface area contributed by atoms with Crippen molar-refractivity contribution in [3.63, 3.8) is 0 Å². The molecular weight excluding hydrogens is 408 g/mol. The molecule has 0 bridgehead atoms. The van der Waals surface area contributed by atoms with Crippen molar-refractivity contribution in [3.8, 4) is 5.69 Å². The van der Waals surface area contributed by atoms with Crippen LogP contribution in [0.25, 0.3) is 16.6 Å². The molecule has 0 fully saturated rings. The summed E-state index contributed by atoms with van der Waals surface area (Å²) >= 11 is 1.65. The van der Waals surface area contributed by atoms with Crippen molar-refractivity contribution in [2.75, 3.05) is 20.6 Å².